The number of ether oxygens (including phenoxy) is 2. The lowest BCUT2D eigenvalue weighted by molar-refractivity contribution is 0.0318. The molecule has 0 fully saturated rings. The average Bonchev–Trinajstić information content (AvgIpc) is 2.96. The van der Waals surface area contributed by atoms with Crippen LogP contribution in [0.25, 0.3) is 0 Å². The Labute approximate surface area is 172 Å². The van der Waals surface area contributed by atoms with Crippen molar-refractivity contribution in [3.05, 3.63) is 69.7 Å². The van der Waals surface area contributed by atoms with Gasteiger partial charge in [0.1, 0.15) is 0 Å². The van der Waals surface area contributed by atoms with Gasteiger partial charge in [0.2, 0.25) is 5.78 Å². The van der Waals surface area contributed by atoms with Crippen LogP contribution in [0.5, 0.6) is 0 Å². The van der Waals surface area contributed by atoms with Gasteiger partial charge in [0.05, 0.1) is 29.8 Å². The number of nitrogens with zero attached hydrogens (tertiary/aromatic N) is 1. The quantitative estimate of drug-likeness (QED) is 0.392. The van der Waals surface area contributed by atoms with Gasteiger partial charge in [0.15, 0.2) is 6.10 Å². The van der Waals surface area contributed by atoms with Crippen LogP contribution in [0.15, 0.2) is 42.5 Å². The van der Waals surface area contributed by atoms with E-state index < -0.39 is 23.9 Å². The van der Waals surface area contributed by atoms with Crippen LogP contribution in [0.3, 0.4) is 0 Å². The van der Waals surface area contributed by atoms with Crippen molar-refractivity contribution < 1.29 is 28.7 Å². The standard InChI is InChI=1S/C21H18ClNO6/c1-12(18(24)13-3-6-15(22)7-4-13)29-21(27)14-5-8-16-17(11-14)20(26)23(19(16)25)9-10-28-2/h3-8,11-12H,9-10H2,1-2H3/t12-/m0/s1. The van der Waals surface area contributed by atoms with Gasteiger partial charge in [-0.3, -0.25) is 19.3 Å². The van der Waals surface area contributed by atoms with Crippen molar-refractivity contribution in [2.75, 3.05) is 20.3 Å². The van der Waals surface area contributed by atoms with Crippen LogP contribution in [0.2, 0.25) is 5.02 Å². The number of hydrogen-bond donors (Lipinski definition) is 0. The van der Waals surface area contributed by atoms with Crippen molar-refractivity contribution in [1.82, 2.24) is 4.90 Å². The number of ketones is 1. The molecule has 150 valence electrons. The summed E-state index contributed by atoms with van der Waals surface area (Å²) in [6, 6.07) is 10.3. The topological polar surface area (TPSA) is 90.0 Å². The molecule has 0 unspecified atom stereocenters. The fourth-order valence-electron chi connectivity index (χ4n) is 2.93. The number of fused-ring (bicyclic) bond motifs is 1. The maximum Gasteiger partial charge on any atom is 0.338 e. The Bertz CT molecular complexity index is 985. The van der Waals surface area contributed by atoms with Crippen LogP contribution in [0, 0.1) is 0 Å². The Morgan fingerprint density at radius 2 is 1.62 bits per heavy atom. The third kappa shape index (κ3) is 4.21. The van der Waals surface area contributed by atoms with Gasteiger partial charge in [-0.25, -0.2) is 4.79 Å². The number of methoxy groups -OCH3 is 1. The first kappa shape index (κ1) is 20.7. The number of rotatable bonds is 7. The van der Waals surface area contributed by atoms with Gasteiger partial charge in [-0.2, -0.15) is 0 Å². The van der Waals surface area contributed by atoms with Crippen molar-refractivity contribution in [3.8, 4) is 0 Å². The van der Waals surface area contributed by atoms with E-state index in [0.29, 0.717) is 10.6 Å². The lowest BCUT2D eigenvalue weighted by Gasteiger charge is -2.13. The molecule has 0 bridgehead atoms. The average molecular weight is 416 g/mol. The summed E-state index contributed by atoms with van der Waals surface area (Å²) in [7, 11) is 1.47. The number of Topliss-reactive ketones (excluding diaryl/α,β-unsaturated/α-hetero) is 1. The van der Waals surface area contributed by atoms with Crippen LogP contribution in [0.4, 0.5) is 0 Å². The van der Waals surface area contributed by atoms with E-state index in [-0.39, 0.29) is 35.6 Å². The summed E-state index contributed by atoms with van der Waals surface area (Å²) in [5.74, 6) is -2.08. The third-order valence-corrected chi connectivity index (χ3v) is 4.76. The molecular weight excluding hydrogens is 398 g/mol. The van der Waals surface area contributed by atoms with E-state index in [2.05, 4.69) is 0 Å². The highest BCUT2D eigenvalue weighted by molar-refractivity contribution is 6.30. The lowest BCUT2D eigenvalue weighted by Crippen LogP contribution is -2.32. The van der Waals surface area contributed by atoms with E-state index in [9.17, 15) is 19.2 Å². The lowest BCUT2D eigenvalue weighted by atomic mass is 10.1. The number of esters is 1. The summed E-state index contributed by atoms with van der Waals surface area (Å²) in [6.07, 6.45) is -1.03. The smallest absolute Gasteiger partial charge is 0.338 e. The normalized spacial score (nSPS) is 14.0. The van der Waals surface area contributed by atoms with Crippen LogP contribution in [-0.2, 0) is 9.47 Å². The fraction of sp³-hybridized carbons (Fsp3) is 0.238. The number of benzene rings is 2. The highest BCUT2D eigenvalue weighted by atomic mass is 35.5. The number of amides is 2. The molecule has 2 amide bonds. The number of carbonyl (C=O) groups excluding carboxylic acids is 4. The van der Waals surface area contributed by atoms with Crippen molar-refractivity contribution in [2.24, 2.45) is 0 Å². The minimum Gasteiger partial charge on any atom is -0.451 e. The van der Waals surface area contributed by atoms with E-state index in [4.69, 9.17) is 21.1 Å². The summed E-state index contributed by atoms with van der Waals surface area (Å²) in [5.41, 5.74) is 0.776. The van der Waals surface area contributed by atoms with Gasteiger partial charge in [-0.15, -0.1) is 0 Å². The molecule has 0 N–H and O–H groups in total. The molecule has 1 atom stereocenters. The molecule has 2 aromatic rings. The molecular formula is C21H18ClNO6. The van der Waals surface area contributed by atoms with Crippen LogP contribution >= 0.6 is 11.6 Å². The maximum atomic E-state index is 12.5. The van der Waals surface area contributed by atoms with Crippen LogP contribution < -0.4 is 0 Å². The second-order valence-corrected chi connectivity index (χ2v) is 6.87. The zero-order chi connectivity index (χ0) is 21.1. The first-order chi connectivity index (χ1) is 13.8. The summed E-state index contributed by atoms with van der Waals surface area (Å²) >= 11 is 5.81. The molecule has 0 aromatic heterocycles. The SMILES string of the molecule is COCCN1C(=O)c2ccc(C(=O)O[C@@H](C)C(=O)c3ccc(Cl)cc3)cc2C1=O. The van der Waals surface area contributed by atoms with Crippen LogP contribution in [0.1, 0.15) is 48.4 Å². The molecule has 0 aliphatic carbocycles. The second-order valence-electron chi connectivity index (χ2n) is 6.43. The van der Waals surface area contributed by atoms with E-state index in [1.165, 1.54) is 32.2 Å². The number of halogens is 1. The summed E-state index contributed by atoms with van der Waals surface area (Å²) in [5, 5.41) is 0.489. The molecule has 0 saturated heterocycles. The molecule has 3 rings (SSSR count). The maximum absolute atomic E-state index is 12.5. The van der Waals surface area contributed by atoms with E-state index in [1.807, 2.05) is 0 Å². The minimum atomic E-state index is -1.03. The second kappa shape index (κ2) is 8.55. The predicted molar refractivity (Wildman–Crippen MR) is 104 cm³/mol. The minimum absolute atomic E-state index is 0.0780. The zero-order valence-corrected chi connectivity index (χ0v) is 16.6. The molecule has 0 saturated carbocycles. The first-order valence-corrected chi connectivity index (χ1v) is 9.21. The number of carbonyl (C=O) groups is 4. The van der Waals surface area contributed by atoms with Gasteiger partial charge in [-0.05, 0) is 49.4 Å². The monoisotopic (exact) mass is 415 g/mol. The fourth-order valence-corrected chi connectivity index (χ4v) is 3.06. The Balaban J connectivity index is 1.74. The first-order valence-electron chi connectivity index (χ1n) is 8.83. The highest BCUT2D eigenvalue weighted by Crippen LogP contribution is 2.24. The van der Waals surface area contributed by atoms with Gasteiger partial charge in [0.25, 0.3) is 11.8 Å². The Kier molecular flexibility index (Phi) is 6.10. The molecule has 0 radical (unpaired) electrons. The Hall–Kier alpha value is -3.03. The van der Waals surface area contributed by atoms with Crippen LogP contribution in [-0.4, -0.2) is 54.8 Å². The summed E-state index contributed by atoms with van der Waals surface area (Å²) < 4.78 is 10.2. The van der Waals surface area contributed by atoms with E-state index in [0.717, 1.165) is 4.90 Å². The highest BCUT2D eigenvalue weighted by Gasteiger charge is 2.36. The molecule has 29 heavy (non-hydrogen) atoms. The van der Waals surface area contributed by atoms with Crippen molar-refractivity contribution >= 4 is 35.2 Å². The Morgan fingerprint density at radius 1 is 1.00 bits per heavy atom. The largest absolute Gasteiger partial charge is 0.451 e. The summed E-state index contributed by atoms with van der Waals surface area (Å²) in [4.78, 5) is 50.7. The molecule has 8 heteroatoms. The van der Waals surface area contributed by atoms with Crippen molar-refractivity contribution in [1.29, 1.82) is 0 Å². The number of hydrogen-bond acceptors (Lipinski definition) is 6. The van der Waals surface area contributed by atoms with E-state index >= 15 is 0 Å². The molecule has 1 aliphatic rings. The van der Waals surface area contributed by atoms with Crippen molar-refractivity contribution in [3.63, 3.8) is 0 Å². The van der Waals surface area contributed by atoms with E-state index in [1.54, 1.807) is 24.3 Å². The molecule has 7 nitrogen and oxygen atoms in total. The third-order valence-electron chi connectivity index (χ3n) is 4.51. The molecule has 2 aromatic carbocycles. The van der Waals surface area contributed by atoms with Crippen molar-refractivity contribution in [2.45, 2.75) is 13.0 Å². The van der Waals surface area contributed by atoms with Gasteiger partial charge < -0.3 is 9.47 Å². The Morgan fingerprint density at radius 3 is 2.28 bits per heavy atom. The molecule has 0 spiro atoms. The zero-order valence-electron chi connectivity index (χ0n) is 15.8. The van der Waals surface area contributed by atoms with Gasteiger partial charge >= 0.3 is 5.97 Å². The molecule has 1 aliphatic heterocycles. The molecule has 1 heterocycles. The number of imide groups is 1. The van der Waals surface area contributed by atoms with Gasteiger partial charge in [-0.1, -0.05) is 11.6 Å². The summed E-state index contributed by atoms with van der Waals surface area (Å²) in [6.45, 7) is 1.79. The predicted octanol–water partition coefficient (Wildman–Crippen LogP) is 3.01. The van der Waals surface area contributed by atoms with Gasteiger partial charge in [0, 0.05) is 17.7 Å².